The van der Waals surface area contributed by atoms with E-state index in [1.807, 2.05) is 12.1 Å². The predicted octanol–water partition coefficient (Wildman–Crippen LogP) is 1.74. The number of nitrogens with one attached hydrogen (secondary N) is 1. The van der Waals surface area contributed by atoms with Gasteiger partial charge in [-0.1, -0.05) is 11.6 Å². The van der Waals surface area contributed by atoms with Gasteiger partial charge in [0.2, 0.25) is 0 Å². The number of benzene rings is 1. The van der Waals surface area contributed by atoms with E-state index in [-0.39, 0.29) is 12.1 Å². The molecule has 0 aliphatic carbocycles. The fourth-order valence-electron chi connectivity index (χ4n) is 1.95. The first-order valence-corrected chi connectivity index (χ1v) is 5.35. The van der Waals surface area contributed by atoms with Crippen molar-refractivity contribution in [2.45, 2.75) is 18.6 Å². The molecule has 1 aliphatic heterocycles. The summed E-state index contributed by atoms with van der Waals surface area (Å²) in [6, 6.07) is 5.38. The van der Waals surface area contributed by atoms with E-state index in [0.29, 0.717) is 5.02 Å². The summed E-state index contributed by atoms with van der Waals surface area (Å²) in [6.07, 6.45) is 0.401. The lowest BCUT2D eigenvalue weighted by atomic mass is 10.0. The van der Waals surface area contributed by atoms with Crippen molar-refractivity contribution in [3.8, 4) is 5.75 Å². The number of aliphatic hydroxyl groups excluding tert-OH is 1. The Bertz CT molecular complexity index is 356. The molecule has 1 saturated heterocycles. The van der Waals surface area contributed by atoms with Crippen LogP contribution in [0.5, 0.6) is 5.75 Å². The van der Waals surface area contributed by atoms with E-state index in [9.17, 15) is 5.11 Å². The first-order chi connectivity index (χ1) is 7.22. The van der Waals surface area contributed by atoms with Crippen molar-refractivity contribution >= 4 is 11.6 Å². The molecule has 15 heavy (non-hydrogen) atoms. The Balaban J connectivity index is 2.36. The van der Waals surface area contributed by atoms with Crippen LogP contribution in [0.4, 0.5) is 0 Å². The number of hydrogen-bond donors (Lipinski definition) is 2. The Morgan fingerprint density at radius 2 is 2.33 bits per heavy atom. The van der Waals surface area contributed by atoms with E-state index in [1.165, 1.54) is 0 Å². The Kier molecular flexibility index (Phi) is 3.14. The molecular formula is C11H14ClNO2. The molecule has 2 rings (SSSR count). The van der Waals surface area contributed by atoms with Gasteiger partial charge in [-0.25, -0.2) is 0 Å². The molecule has 1 aromatic carbocycles. The van der Waals surface area contributed by atoms with Crippen LogP contribution >= 0.6 is 11.6 Å². The molecule has 82 valence electrons. The number of rotatable bonds is 2. The zero-order chi connectivity index (χ0) is 10.8. The molecule has 0 bridgehead atoms. The number of aliphatic hydroxyl groups is 1. The molecule has 4 heteroatoms. The molecule has 2 N–H and O–H groups in total. The average molecular weight is 228 g/mol. The molecule has 0 spiro atoms. The fourth-order valence-corrected chi connectivity index (χ4v) is 2.14. The smallest absolute Gasteiger partial charge is 0.123 e. The molecule has 3 nitrogen and oxygen atoms in total. The van der Waals surface area contributed by atoms with Gasteiger partial charge in [-0.2, -0.15) is 0 Å². The van der Waals surface area contributed by atoms with Gasteiger partial charge in [0.15, 0.2) is 0 Å². The van der Waals surface area contributed by atoms with Gasteiger partial charge in [0, 0.05) is 10.6 Å². The summed E-state index contributed by atoms with van der Waals surface area (Å²) in [5.74, 6) is 0.762. The van der Waals surface area contributed by atoms with Crippen molar-refractivity contribution in [2.24, 2.45) is 0 Å². The summed E-state index contributed by atoms with van der Waals surface area (Å²) in [5, 5.41) is 13.7. The van der Waals surface area contributed by atoms with Crippen molar-refractivity contribution in [1.29, 1.82) is 0 Å². The topological polar surface area (TPSA) is 41.5 Å². The van der Waals surface area contributed by atoms with Gasteiger partial charge in [-0.05, 0) is 31.2 Å². The lowest BCUT2D eigenvalue weighted by Gasteiger charge is -2.18. The Hall–Kier alpha value is -0.770. The largest absolute Gasteiger partial charge is 0.496 e. The maximum Gasteiger partial charge on any atom is 0.123 e. The molecule has 2 atom stereocenters. The Morgan fingerprint density at radius 1 is 1.53 bits per heavy atom. The molecule has 0 radical (unpaired) electrons. The molecule has 2 unspecified atom stereocenters. The van der Waals surface area contributed by atoms with Gasteiger partial charge in [-0.15, -0.1) is 0 Å². The van der Waals surface area contributed by atoms with E-state index in [4.69, 9.17) is 16.3 Å². The van der Waals surface area contributed by atoms with Crippen molar-refractivity contribution in [1.82, 2.24) is 5.32 Å². The highest BCUT2D eigenvalue weighted by atomic mass is 35.5. The van der Waals surface area contributed by atoms with E-state index < -0.39 is 0 Å². The molecule has 1 aromatic rings. The average Bonchev–Trinajstić information content (AvgIpc) is 2.64. The highest BCUT2D eigenvalue weighted by molar-refractivity contribution is 6.30. The second kappa shape index (κ2) is 4.39. The van der Waals surface area contributed by atoms with Crippen LogP contribution in [0.3, 0.4) is 0 Å². The number of methoxy groups -OCH3 is 1. The molecule has 1 aliphatic rings. The zero-order valence-corrected chi connectivity index (χ0v) is 9.29. The highest BCUT2D eigenvalue weighted by Crippen LogP contribution is 2.32. The van der Waals surface area contributed by atoms with Crippen molar-refractivity contribution in [3.63, 3.8) is 0 Å². The van der Waals surface area contributed by atoms with Gasteiger partial charge >= 0.3 is 0 Å². The second-order valence-corrected chi connectivity index (χ2v) is 4.11. The molecule has 0 aromatic heterocycles. The normalized spacial score (nSPS) is 25.5. The summed E-state index contributed by atoms with van der Waals surface area (Å²) in [5.41, 5.74) is 0.926. The Morgan fingerprint density at radius 3 is 2.93 bits per heavy atom. The van der Waals surface area contributed by atoms with Crippen LogP contribution in [0, 0.1) is 0 Å². The maximum atomic E-state index is 9.79. The first kappa shape index (κ1) is 10.7. The molecule has 0 amide bonds. The summed E-state index contributed by atoms with van der Waals surface area (Å²) < 4.78 is 5.25. The lowest BCUT2D eigenvalue weighted by Crippen LogP contribution is -2.21. The van der Waals surface area contributed by atoms with Crippen LogP contribution in [0.2, 0.25) is 5.02 Å². The van der Waals surface area contributed by atoms with Crippen LogP contribution in [0.15, 0.2) is 18.2 Å². The quantitative estimate of drug-likeness (QED) is 0.809. The maximum absolute atomic E-state index is 9.79. The molecule has 0 saturated carbocycles. The van der Waals surface area contributed by atoms with E-state index >= 15 is 0 Å². The van der Waals surface area contributed by atoms with E-state index in [0.717, 1.165) is 24.3 Å². The van der Waals surface area contributed by atoms with Crippen LogP contribution in [0.1, 0.15) is 18.0 Å². The monoisotopic (exact) mass is 227 g/mol. The SMILES string of the molecule is COc1ccc(Cl)cc1C1NCCC1O. The van der Waals surface area contributed by atoms with Gasteiger partial charge in [0.1, 0.15) is 5.75 Å². The summed E-state index contributed by atoms with van der Waals surface area (Å²) in [7, 11) is 1.62. The number of halogens is 1. The van der Waals surface area contributed by atoms with Gasteiger partial charge in [0.25, 0.3) is 0 Å². The van der Waals surface area contributed by atoms with Crippen LogP contribution < -0.4 is 10.1 Å². The van der Waals surface area contributed by atoms with Gasteiger partial charge in [-0.3, -0.25) is 0 Å². The second-order valence-electron chi connectivity index (χ2n) is 3.67. The molecule has 1 heterocycles. The minimum atomic E-state index is -0.364. The van der Waals surface area contributed by atoms with Crippen molar-refractivity contribution < 1.29 is 9.84 Å². The van der Waals surface area contributed by atoms with Crippen molar-refractivity contribution in [3.05, 3.63) is 28.8 Å². The first-order valence-electron chi connectivity index (χ1n) is 4.97. The third kappa shape index (κ3) is 2.09. The molecular weight excluding hydrogens is 214 g/mol. The predicted molar refractivity (Wildman–Crippen MR) is 59.4 cm³/mol. The fraction of sp³-hybridized carbons (Fsp3) is 0.455. The summed E-state index contributed by atoms with van der Waals surface area (Å²) >= 11 is 5.93. The standard InChI is InChI=1S/C11H14ClNO2/c1-15-10-3-2-7(12)6-8(10)11-9(14)4-5-13-11/h2-3,6,9,11,13-14H,4-5H2,1H3. The zero-order valence-electron chi connectivity index (χ0n) is 8.53. The number of ether oxygens (including phenoxy) is 1. The summed E-state index contributed by atoms with van der Waals surface area (Å²) in [6.45, 7) is 0.821. The highest BCUT2D eigenvalue weighted by Gasteiger charge is 2.28. The van der Waals surface area contributed by atoms with Crippen molar-refractivity contribution in [2.75, 3.05) is 13.7 Å². The third-order valence-corrected chi connectivity index (χ3v) is 2.95. The third-order valence-electron chi connectivity index (χ3n) is 2.72. The van der Waals surface area contributed by atoms with Gasteiger partial charge < -0.3 is 15.2 Å². The number of hydrogen-bond acceptors (Lipinski definition) is 3. The van der Waals surface area contributed by atoms with E-state index in [1.54, 1.807) is 13.2 Å². The summed E-state index contributed by atoms with van der Waals surface area (Å²) in [4.78, 5) is 0. The Labute approximate surface area is 94.0 Å². The molecule has 1 fully saturated rings. The van der Waals surface area contributed by atoms with Crippen LogP contribution in [0.25, 0.3) is 0 Å². The minimum absolute atomic E-state index is 0.0707. The lowest BCUT2D eigenvalue weighted by molar-refractivity contribution is 0.158. The van der Waals surface area contributed by atoms with E-state index in [2.05, 4.69) is 5.32 Å². The van der Waals surface area contributed by atoms with Crippen LogP contribution in [-0.2, 0) is 0 Å². The minimum Gasteiger partial charge on any atom is -0.496 e. The van der Waals surface area contributed by atoms with Crippen LogP contribution in [-0.4, -0.2) is 24.9 Å². The van der Waals surface area contributed by atoms with Gasteiger partial charge in [0.05, 0.1) is 19.3 Å².